The minimum absolute atomic E-state index is 0.00111. The third kappa shape index (κ3) is 2.72. The summed E-state index contributed by atoms with van der Waals surface area (Å²) < 4.78 is 50.8. The Morgan fingerprint density at radius 1 is 1.21 bits per heavy atom. The highest BCUT2D eigenvalue weighted by atomic mass is 19.4. The molecule has 1 aromatic carbocycles. The average Bonchev–Trinajstić information content (AvgIpc) is 2.76. The highest BCUT2D eigenvalue weighted by Gasteiger charge is 2.31. The van der Waals surface area contributed by atoms with Crippen molar-refractivity contribution in [1.29, 1.82) is 0 Å². The lowest BCUT2D eigenvalue weighted by Gasteiger charge is -2.08. The standard InChI is InChI=1S/C11H7F4N3O/c12-7-2-5(1-6(3-7)11(13,14)15)8-4-9(10(16)19)18-17-8/h1-4H,(H2,16,19)(H,17,18). The highest BCUT2D eigenvalue weighted by molar-refractivity contribution is 5.91. The first-order chi connectivity index (χ1) is 8.77. The van der Waals surface area contributed by atoms with Crippen molar-refractivity contribution in [1.82, 2.24) is 10.2 Å². The van der Waals surface area contributed by atoms with Gasteiger partial charge in [-0.05, 0) is 24.3 Å². The molecule has 0 spiro atoms. The van der Waals surface area contributed by atoms with Crippen molar-refractivity contribution in [3.8, 4) is 11.3 Å². The molecule has 100 valence electrons. The van der Waals surface area contributed by atoms with Crippen molar-refractivity contribution < 1.29 is 22.4 Å². The second kappa shape index (κ2) is 4.38. The summed E-state index contributed by atoms with van der Waals surface area (Å²) in [5, 5.41) is 5.87. The van der Waals surface area contributed by atoms with E-state index in [4.69, 9.17) is 5.73 Å². The molecule has 0 unspecified atom stereocenters. The number of aromatic nitrogens is 2. The summed E-state index contributed by atoms with van der Waals surface area (Å²) in [4.78, 5) is 10.8. The van der Waals surface area contributed by atoms with E-state index >= 15 is 0 Å². The minimum Gasteiger partial charge on any atom is -0.364 e. The monoisotopic (exact) mass is 273 g/mol. The van der Waals surface area contributed by atoms with Crippen LogP contribution in [0, 0.1) is 5.82 Å². The molecule has 19 heavy (non-hydrogen) atoms. The molecule has 0 atom stereocenters. The van der Waals surface area contributed by atoms with Crippen molar-refractivity contribution in [2.75, 3.05) is 0 Å². The predicted molar refractivity (Wildman–Crippen MR) is 57.5 cm³/mol. The fourth-order valence-electron chi connectivity index (χ4n) is 1.50. The number of H-pyrrole nitrogens is 1. The summed E-state index contributed by atoms with van der Waals surface area (Å²) in [6, 6.07) is 3.16. The number of benzene rings is 1. The molecule has 2 rings (SSSR count). The number of amides is 1. The van der Waals surface area contributed by atoms with Gasteiger partial charge < -0.3 is 5.73 Å². The lowest BCUT2D eigenvalue weighted by Crippen LogP contribution is -2.10. The number of halogens is 4. The molecule has 0 bridgehead atoms. The van der Waals surface area contributed by atoms with Crippen LogP contribution >= 0.6 is 0 Å². The molecule has 0 aliphatic heterocycles. The first-order valence-electron chi connectivity index (χ1n) is 5.01. The van der Waals surface area contributed by atoms with E-state index in [0.717, 1.165) is 18.2 Å². The van der Waals surface area contributed by atoms with Crippen LogP contribution in [0.25, 0.3) is 11.3 Å². The summed E-state index contributed by atoms with van der Waals surface area (Å²) in [7, 11) is 0. The van der Waals surface area contributed by atoms with Gasteiger partial charge in [0, 0.05) is 5.56 Å². The van der Waals surface area contributed by atoms with Crippen LogP contribution in [0.1, 0.15) is 16.1 Å². The van der Waals surface area contributed by atoms with Gasteiger partial charge in [0.25, 0.3) is 5.91 Å². The van der Waals surface area contributed by atoms with Gasteiger partial charge in [-0.15, -0.1) is 0 Å². The molecule has 8 heteroatoms. The summed E-state index contributed by atoms with van der Waals surface area (Å²) in [6.07, 6.45) is -4.67. The Kier molecular flexibility index (Phi) is 3.01. The van der Waals surface area contributed by atoms with Crippen molar-refractivity contribution in [3.05, 3.63) is 41.3 Å². The lowest BCUT2D eigenvalue weighted by atomic mass is 10.1. The van der Waals surface area contributed by atoms with Crippen LogP contribution in [0.15, 0.2) is 24.3 Å². The maximum absolute atomic E-state index is 13.2. The molecule has 0 saturated carbocycles. The minimum atomic E-state index is -4.67. The Balaban J connectivity index is 2.50. The number of aromatic amines is 1. The van der Waals surface area contributed by atoms with E-state index in [1.54, 1.807) is 0 Å². The second-order valence-corrected chi connectivity index (χ2v) is 3.76. The number of hydrogen-bond donors (Lipinski definition) is 2. The summed E-state index contributed by atoms with van der Waals surface area (Å²) in [5.74, 6) is -1.86. The SMILES string of the molecule is NC(=O)c1cc(-c2cc(F)cc(C(F)(F)F)c2)n[nH]1. The average molecular weight is 273 g/mol. The Hall–Kier alpha value is -2.38. The zero-order valence-electron chi connectivity index (χ0n) is 9.25. The number of carbonyl (C=O) groups is 1. The topological polar surface area (TPSA) is 71.8 Å². The maximum Gasteiger partial charge on any atom is 0.416 e. The quantitative estimate of drug-likeness (QED) is 0.824. The largest absolute Gasteiger partial charge is 0.416 e. The van der Waals surface area contributed by atoms with Gasteiger partial charge in [-0.1, -0.05) is 0 Å². The van der Waals surface area contributed by atoms with Crippen LogP contribution in [-0.4, -0.2) is 16.1 Å². The van der Waals surface area contributed by atoms with Gasteiger partial charge in [0.15, 0.2) is 0 Å². The van der Waals surface area contributed by atoms with Crippen LogP contribution in [0.4, 0.5) is 17.6 Å². The number of carbonyl (C=O) groups excluding carboxylic acids is 1. The number of rotatable bonds is 2. The second-order valence-electron chi connectivity index (χ2n) is 3.76. The van der Waals surface area contributed by atoms with Crippen molar-refractivity contribution in [3.63, 3.8) is 0 Å². The van der Waals surface area contributed by atoms with Gasteiger partial charge in [-0.3, -0.25) is 9.89 Å². The molecule has 0 fully saturated rings. The Bertz CT molecular complexity index is 633. The van der Waals surface area contributed by atoms with Crippen LogP contribution in [0.5, 0.6) is 0 Å². The molecule has 1 heterocycles. The molecular formula is C11H7F4N3O. The number of alkyl halides is 3. The third-order valence-electron chi connectivity index (χ3n) is 2.36. The van der Waals surface area contributed by atoms with E-state index in [1.165, 1.54) is 0 Å². The lowest BCUT2D eigenvalue weighted by molar-refractivity contribution is -0.137. The smallest absolute Gasteiger partial charge is 0.364 e. The van der Waals surface area contributed by atoms with Crippen molar-refractivity contribution in [2.24, 2.45) is 5.73 Å². The fraction of sp³-hybridized carbons (Fsp3) is 0.0909. The van der Waals surface area contributed by atoms with Gasteiger partial charge in [0.2, 0.25) is 0 Å². The Morgan fingerprint density at radius 2 is 1.89 bits per heavy atom. The van der Waals surface area contributed by atoms with Crippen molar-refractivity contribution in [2.45, 2.75) is 6.18 Å². The number of nitrogens with two attached hydrogens (primary N) is 1. The van der Waals surface area contributed by atoms with E-state index in [-0.39, 0.29) is 17.0 Å². The normalized spacial score (nSPS) is 11.6. The molecule has 0 saturated heterocycles. The van der Waals surface area contributed by atoms with Gasteiger partial charge in [0.05, 0.1) is 11.3 Å². The van der Waals surface area contributed by atoms with Gasteiger partial charge in [0.1, 0.15) is 11.5 Å². The highest BCUT2D eigenvalue weighted by Crippen LogP contribution is 2.32. The van der Waals surface area contributed by atoms with Crippen molar-refractivity contribution >= 4 is 5.91 Å². The molecule has 2 aromatic rings. The number of nitrogens with zero attached hydrogens (tertiary/aromatic N) is 1. The van der Waals surface area contributed by atoms with Crippen LogP contribution < -0.4 is 5.73 Å². The van der Waals surface area contributed by atoms with Crippen LogP contribution in [0.2, 0.25) is 0 Å². The molecule has 1 amide bonds. The molecule has 4 nitrogen and oxygen atoms in total. The molecule has 0 radical (unpaired) electrons. The van der Waals surface area contributed by atoms with Gasteiger partial charge in [-0.2, -0.15) is 18.3 Å². The van der Waals surface area contributed by atoms with E-state index in [1.807, 2.05) is 0 Å². The van der Waals surface area contributed by atoms with Gasteiger partial charge >= 0.3 is 6.18 Å². The fourth-order valence-corrected chi connectivity index (χ4v) is 1.50. The Morgan fingerprint density at radius 3 is 2.42 bits per heavy atom. The van der Waals surface area contributed by atoms with E-state index in [0.29, 0.717) is 6.07 Å². The summed E-state index contributed by atoms with van der Waals surface area (Å²) in [6.45, 7) is 0. The van der Waals surface area contributed by atoms with E-state index < -0.39 is 23.5 Å². The molecule has 0 aliphatic carbocycles. The van der Waals surface area contributed by atoms with E-state index in [9.17, 15) is 22.4 Å². The zero-order chi connectivity index (χ0) is 14.2. The Labute approximate surface area is 104 Å². The van der Waals surface area contributed by atoms with Gasteiger partial charge in [-0.25, -0.2) is 4.39 Å². The molecule has 3 N–H and O–H groups in total. The first-order valence-corrected chi connectivity index (χ1v) is 5.01. The maximum atomic E-state index is 13.2. The summed E-state index contributed by atoms with van der Waals surface area (Å²) >= 11 is 0. The zero-order valence-corrected chi connectivity index (χ0v) is 9.25. The first kappa shape index (κ1) is 13.1. The summed E-state index contributed by atoms with van der Waals surface area (Å²) in [5.41, 5.74) is 3.66. The van der Waals surface area contributed by atoms with Crippen LogP contribution in [-0.2, 0) is 6.18 Å². The number of hydrogen-bond acceptors (Lipinski definition) is 2. The molecular weight excluding hydrogens is 266 g/mol. The van der Waals surface area contributed by atoms with Crippen LogP contribution in [0.3, 0.4) is 0 Å². The third-order valence-corrected chi connectivity index (χ3v) is 2.36. The van der Waals surface area contributed by atoms with E-state index in [2.05, 4.69) is 10.2 Å². The number of nitrogens with one attached hydrogen (secondary N) is 1. The molecule has 1 aromatic heterocycles. The number of primary amides is 1. The molecule has 0 aliphatic rings. The predicted octanol–water partition coefficient (Wildman–Crippen LogP) is 2.33.